The summed E-state index contributed by atoms with van der Waals surface area (Å²) < 4.78 is 0.788. The third-order valence-corrected chi connectivity index (χ3v) is 1.72. The van der Waals surface area contributed by atoms with Gasteiger partial charge in [0.15, 0.2) is 0 Å². The van der Waals surface area contributed by atoms with Crippen LogP contribution in [-0.2, 0) is 0 Å². The molecule has 58 valence electrons. The first kappa shape index (κ1) is 8.60. The standard InChI is InChI=1S/C7H3BrN4/c8-6-1-2-7(11-12-10)5(3-6)4-9/h1-3H. The molecule has 5 heteroatoms. The molecular formula is C7H3BrN4. The quantitative estimate of drug-likeness (QED) is 0.409. The van der Waals surface area contributed by atoms with Crippen molar-refractivity contribution in [3.63, 3.8) is 0 Å². The second-order valence-corrected chi connectivity index (χ2v) is 2.88. The topological polar surface area (TPSA) is 72.5 Å². The van der Waals surface area contributed by atoms with Crippen LogP contribution in [0.4, 0.5) is 5.69 Å². The van der Waals surface area contributed by atoms with E-state index in [-0.39, 0.29) is 0 Å². The summed E-state index contributed by atoms with van der Waals surface area (Å²) in [6.45, 7) is 0. The SMILES string of the molecule is N#Cc1cc(Br)ccc1N=[N+]=[N-]. The molecular weight excluding hydrogens is 220 g/mol. The number of nitriles is 1. The molecule has 0 heterocycles. The second kappa shape index (κ2) is 3.77. The minimum Gasteiger partial charge on any atom is -0.192 e. The van der Waals surface area contributed by atoms with Crippen molar-refractivity contribution in [2.24, 2.45) is 5.11 Å². The molecule has 0 amide bonds. The molecule has 0 bridgehead atoms. The van der Waals surface area contributed by atoms with E-state index in [9.17, 15) is 0 Å². The highest BCUT2D eigenvalue weighted by atomic mass is 79.9. The van der Waals surface area contributed by atoms with Crippen molar-refractivity contribution in [2.75, 3.05) is 0 Å². The zero-order valence-electron chi connectivity index (χ0n) is 5.90. The lowest BCUT2D eigenvalue weighted by Gasteiger charge is -1.95. The van der Waals surface area contributed by atoms with Gasteiger partial charge in [0.1, 0.15) is 0 Å². The van der Waals surface area contributed by atoms with Gasteiger partial charge in [-0.25, -0.2) is 0 Å². The lowest BCUT2D eigenvalue weighted by molar-refractivity contribution is 1.41. The Hall–Kier alpha value is -1.50. The lowest BCUT2D eigenvalue weighted by Crippen LogP contribution is -1.74. The fourth-order valence-corrected chi connectivity index (χ4v) is 1.09. The molecule has 0 aliphatic heterocycles. The van der Waals surface area contributed by atoms with Crippen LogP contribution in [-0.4, -0.2) is 0 Å². The Kier molecular flexibility index (Phi) is 2.70. The molecule has 0 aliphatic carbocycles. The number of hydrogen-bond donors (Lipinski definition) is 0. The highest BCUT2D eigenvalue weighted by Gasteiger charge is 1.98. The summed E-state index contributed by atoms with van der Waals surface area (Å²) in [6, 6.07) is 6.83. The summed E-state index contributed by atoms with van der Waals surface area (Å²) in [5, 5.41) is 12.0. The van der Waals surface area contributed by atoms with E-state index in [4.69, 9.17) is 10.8 Å². The van der Waals surface area contributed by atoms with Gasteiger partial charge in [-0.3, -0.25) is 0 Å². The van der Waals surface area contributed by atoms with Crippen LogP contribution in [0.25, 0.3) is 10.4 Å². The van der Waals surface area contributed by atoms with Gasteiger partial charge in [0.25, 0.3) is 0 Å². The fourth-order valence-electron chi connectivity index (χ4n) is 0.733. The molecule has 4 nitrogen and oxygen atoms in total. The Morgan fingerprint density at radius 1 is 1.58 bits per heavy atom. The van der Waals surface area contributed by atoms with Crippen LogP contribution in [0.2, 0.25) is 0 Å². The Morgan fingerprint density at radius 3 is 2.92 bits per heavy atom. The van der Waals surface area contributed by atoms with Gasteiger partial charge in [-0.2, -0.15) is 5.26 Å². The first-order chi connectivity index (χ1) is 5.77. The normalized spacial score (nSPS) is 8.33. The minimum atomic E-state index is 0.350. The molecule has 0 fully saturated rings. The van der Waals surface area contributed by atoms with E-state index in [1.165, 1.54) is 0 Å². The predicted molar refractivity (Wildman–Crippen MR) is 47.7 cm³/mol. The predicted octanol–water partition coefficient (Wildman–Crippen LogP) is 3.26. The maximum absolute atomic E-state index is 8.62. The summed E-state index contributed by atoms with van der Waals surface area (Å²) in [4.78, 5) is 2.60. The number of rotatable bonds is 1. The van der Waals surface area contributed by atoms with Crippen molar-refractivity contribution in [3.05, 3.63) is 38.7 Å². The number of azide groups is 1. The van der Waals surface area contributed by atoms with Crippen molar-refractivity contribution in [3.8, 4) is 6.07 Å². The van der Waals surface area contributed by atoms with Crippen LogP contribution in [0.5, 0.6) is 0 Å². The third kappa shape index (κ3) is 1.76. The van der Waals surface area contributed by atoms with Crippen molar-refractivity contribution >= 4 is 21.6 Å². The Morgan fingerprint density at radius 2 is 2.33 bits per heavy atom. The number of hydrogen-bond acceptors (Lipinski definition) is 2. The van der Waals surface area contributed by atoms with Gasteiger partial charge in [-0.1, -0.05) is 27.1 Å². The van der Waals surface area contributed by atoms with Crippen LogP contribution in [0.1, 0.15) is 5.56 Å². The first-order valence-corrected chi connectivity index (χ1v) is 3.82. The average molecular weight is 223 g/mol. The molecule has 0 atom stereocenters. The molecule has 0 unspecified atom stereocenters. The number of halogens is 1. The third-order valence-electron chi connectivity index (χ3n) is 1.23. The number of nitrogens with zero attached hydrogens (tertiary/aromatic N) is 4. The van der Waals surface area contributed by atoms with Crippen molar-refractivity contribution in [1.82, 2.24) is 0 Å². The van der Waals surface area contributed by atoms with Crippen LogP contribution in [0, 0.1) is 11.3 Å². The van der Waals surface area contributed by atoms with Crippen molar-refractivity contribution in [1.29, 1.82) is 5.26 Å². The van der Waals surface area contributed by atoms with E-state index in [1.807, 2.05) is 6.07 Å². The highest BCUT2D eigenvalue weighted by Crippen LogP contribution is 2.22. The molecule has 0 saturated heterocycles. The fraction of sp³-hybridized carbons (Fsp3) is 0. The smallest absolute Gasteiger partial charge is 0.0996 e. The molecule has 0 radical (unpaired) electrons. The Bertz CT molecular complexity index is 387. The molecule has 0 N–H and O–H groups in total. The lowest BCUT2D eigenvalue weighted by atomic mass is 10.2. The van der Waals surface area contributed by atoms with Gasteiger partial charge >= 0.3 is 0 Å². The van der Waals surface area contributed by atoms with Crippen LogP contribution >= 0.6 is 15.9 Å². The Balaban J connectivity index is 3.31. The largest absolute Gasteiger partial charge is 0.192 e. The zero-order chi connectivity index (χ0) is 8.97. The average Bonchev–Trinajstić information content (AvgIpc) is 2.08. The van der Waals surface area contributed by atoms with E-state index in [1.54, 1.807) is 18.2 Å². The van der Waals surface area contributed by atoms with Gasteiger partial charge in [-0.15, -0.1) is 0 Å². The number of benzene rings is 1. The van der Waals surface area contributed by atoms with Crippen molar-refractivity contribution in [2.45, 2.75) is 0 Å². The monoisotopic (exact) mass is 222 g/mol. The molecule has 0 spiro atoms. The first-order valence-electron chi connectivity index (χ1n) is 3.02. The molecule has 1 aromatic carbocycles. The van der Waals surface area contributed by atoms with Crippen LogP contribution in [0.15, 0.2) is 27.8 Å². The summed E-state index contributed by atoms with van der Waals surface area (Å²) in [5.74, 6) is 0. The van der Waals surface area contributed by atoms with Crippen molar-refractivity contribution < 1.29 is 0 Å². The zero-order valence-corrected chi connectivity index (χ0v) is 7.48. The minimum absolute atomic E-state index is 0.350. The van der Waals surface area contributed by atoms with E-state index >= 15 is 0 Å². The Labute approximate surface area is 77.2 Å². The van der Waals surface area contributed by atoms with Gasteiger partial charge in [0.2, 0.25) is 0 Å². The van der Waals surface area contributed by atoms with E-state index < -0.39 is 0 Å². The molecule has 12 heavy (non-hydrogen) atoms. The van der Waals surface area contributed by atoms with Crippen LogP contribution < -0.4 is 0 Å². The molecule has 0 aromatic heterocycles. The van der Waals surface area contributed by atoms with E-state index in [2.05, 4.69) is 26.0 Å². The maximum Gasteiger partial charge on any atom is 0.0996 e. The summed E-state index contributed by atoms with van der Waals surface area (Å²) in [7, 11) is 0. The maximum atomic E-state index is 8.62. The molecule has 1 aromatic rings. The van der Waals surface area contributed by atoms with Gasteiger partial charge in [-0.05, 0) is 17.7 Å². The molecule has 0 aliphatic rings. The van der Waals surface area contributed by atoms with Gasteiger partial charge in [0.05, 0.1) is 17.3 Å². The van der Waals surface area contributed by atoms with E-state index in [0.717, 1.165) is 4.47 Å². The summed E-state index contributed by atoms with van der Waals surface area (Å²) in [5.41, 5.74) is 8.86. The summed E-state index contributed by atoms with van der Waals surface area (Å²) in [6.07, 6.45) is 0. The summed E-state index contributed by atoms with van der Waals surface area (Å²) >= 11 is 3.20. The molecule has 1 rings (SSSR count). The van der Waals surface area contributed by atoms with Gasteiger partial charge < -0.3 is 0 Å². The highest BCUT2D eigenvalue weighted by molar-refractivity contribution is 9.10. The van der Waals surface area contributed by atoms with E-state index in [0.29, 0.717) is 11.3 Å². The van der Waals surface area contributed by atoms with Gasteiger partial charge in [0, 0.05) is 9.38 Å². The second-order valence-electron chi connectivity index (χ2n) is 1.96. The van der Waals surface area contributed by atoms with Crippen LogP contribution in [0.3, 0.4) is 0 Å². The molecule has 0 saturated carbocycles.